The number of fused-ring (bicyclic) bond motifs is 3. The van der Waals surface area contributed by atoms with Gasteiger partial charge in [-0.1, -0.05) is 0 Å². The standard InChI is InChI=1S/C30H40FN7O2/c1-19(31)29(39)37-13-10-25-27(37)17-38(25)28-23-9-12-36(26-15-32-14-20-6-3-4-8-22(20)26)16-24(23)33-30(34-28)40-18-21-7-5-11-35(21)2/h14-15,19,21,25,27H,3-13,16-18H2,1-2H3/t19-,21-,25+,27+/m0/s1. The number of alkyl halides is 1. The number of likely N-dealkylation sites (tertiary alicyclic amines) is 2. The molecule has 5 aliphatic rings. The van der Waals surface area contributed by atoms with E-state index in [1.807, 2.05) is 12.4 Å². The summed E-state index contributed by atoms with van der Waals surface area (Å²) in [5.41, 5.74) is 6.28. The third-order valence-electron chi connectivity index (χ3n) is 9.88. The van der Waals surface area contributed by atoms with Crippen LogP contribution in [0.4, 0.5) is 15.9 Å². The van der Waals surface area contributed by atoms with Crippen molar-refractivity contribution in [1.82, 2.24) is 24.8 Å². The molecule has 2 aromatic rings. The number of carbonyl (C=O) groups is 1. The summed E-state index contributed by atoms with van der Waals surface area (Å²) in [6.07, 6.45) is 11.3. The first-order valence-electron chi connectivity index (χ1n) is 15.1. The van der Waals surface area contributed by atoms with Crippen LogP contribution in [0.1, 0.15) is 61.4 Å². The van der Waals surface area contributed by atoms with Crippen molar-refractivity contribution in [2.45, 2.75) is 89.1 Å². The highest BCUT2D eigenvalue weighted by Crippen LogP contribution is 2.41. The zero-order valence-corrected chi connectivity index (χ0v) is 23.7. The van der Waals surface area contributed by atoms with Crippen molar-refractivity contribution in [2.75, 3.05) is 49.6 Å². The Balaban J connectivity index is 1.18. The predicted molar refractivity (Wildman–Crippen MR) is 151 cm³/mol. The van der Waals surface area contributed by atoms with Crippen LogP contribution >= 0.6 is 0 Å². The number of ether oxygens (including phenoxy) is 1. The fraction of sp³-hybridized carbons (Fsp3) is 0.667. The van der Waals surface area contributed by atoms with Gasteiger partial charge in [0.25, 0.3) is 5.91 Å². The molecule has 3 saturated heterocycles. The van der Waals surface area contributed by atoms with Crippen molar-refractivity contribution in [3.63, 3.8) is 0 Å². The first-order valence-corrected chi connectivity index (χ1v) is 15.1. The van der Waals surface area contributed by atoms with Crippen molar-refractivity contribution in [3.05, 3.63) is 34.8 Å². The molecule has 7 rings (SSSR count). The van der Waals surface area contributed by atoms with Gasteiger partial charge >= 0.3 is 6.01 Å². The molecule has 214 valence electrons. The van der Waals surface area contributed by atoms with Crippen molar-refractivity contribution in [1.29, 1.82) is 0 Å². The van der Waals surface area contributed by atoms with Gasteiger partial charge in [0.2, 0.25) is 0 Å². The molecule has 0 aromatic carbocycles. The first-order chi connectivity index (χ1) is 19.5. The Morgan fingerprint density at radius 3 is 2.75 bits per heavy atom. The van der Waals surface area contributed by atoms with E-state index in [9.17, 15) is 9.18 Å². The van der Waals surface area contributed by atoms with Crippen LogP contribution in [-0.4, -0.2) is 94.8 Å². The SMILES string of the molecule is C[C@H](F)C(=O)N1CC[C@@H]2[C@H]1CN2c1nc(OC[C@@H]2CCCN2C)nc2c1CCN(c1cncc3c1CCCC3)C2. The van der Waals surface area contributed by atoms with E-state index in [1.165, 1.54) is 48.6 Å². The topological polar surface area (TPSA) is 77.9 Å². The Morgan fingerprint density at radius 1 is 1.05 bits per heavy atom. The number of aryl methyl sites for hydroxylation is 1. The molecule has 1 aliphatic carbocycles. The second kappa shape index (κ2) is 10.4. The quantitative estimate of drug-likeness (QED) is 0.545. The molecule has 0 radical (unpaired) electrons. The maximum Gasteiger partial charge on any atom is 0.318 e. The molecular weight excluding hydrogens is 509 g/mol. The molecule has 0 saturated carbocycles. The normalized spacial score (nSPS) is 26.7. The van der Waals surface area contributed by atoms with Gasteiger partial charge in [-0.2, -0.15) is 9.97 Å². The zero-order valence-electron chi connectivity index (χ0n) is 23.7. The summed E-state index contributed by atoms with van der Waals surface area (Å²) in [7, 11) is 2.15. The molecule has 0 unspecified atom stereocenters. The van der Waals surface area contributed by atoms with Crippen LogP contribution in [0, 0.1) is 0 Å². The van der Waals surface area contributed by atoms with Crippen molar-refractivity contribution in [2.24, 2.45) is 0 Å². The Kier molecular flexibility index (Phi) is 6.76. The van der Waals surface area contributed by atoms with Crippen molar-refractivity contribution in [3.8, 4) is 6.01 Å². The molecule has 1 amide bonds. The first kappa shape index (κ1) is 25.9. The minimum absolute atomic E-state index is 0.0508. The van der Waals surface area contributed by atoms with Crippen molar-refractivity contribution < 1.29 is 13.9 Å². The molecule has 9 nitrogen and oxygen atoms in total. The van der Waals surface area contributed by atoms with Crippen LogP contribution in [0.15, 0.2) is 12.4 Å². The monoisotopic (exact) mass is 549 g/mol. The molecule has 2 aromatic heterocycles. The number of amides is 1. The molecule has 40 heavy (non-hydrogen) atoms. The van der Waals surface area contributed by atoms with Crippen LogP contribution in [0.5, 0.6) is 6.01 Å². The van der Waals surface area contributed by atoms with Crippen LogP contribution < -0.4 is 14.5 Å². The summed E-state index contributed by atoms with van der Waals surface area (Å²) in [5, 5.41) is 0. The van der Waals surface area contributed by atoms with Gasteiger partial charge in [0.15, 0.2) is 6.17 Å². The fourth-order valence-corrected chi connectivity index (χ4v) is 7.53. The van der Waals surface area contributed by atoms with E-state index in [-0.39, 0.29) is 12.1 Å². The molecule has 3 fully saturated rings. The van der Waals surface area contributed by atoms with Crippen LogP contribution in [0.3, 0.4) is 0 Å². The molecule has 6 heterocycles. The average molecular weight is 550 g/mol. The molecule has 0 bridgehead atoms. The molecule has 10 heteroatoms. The van der Waals surface area contributed by atoms with Gasteiger partial charge in [0.1, 0.15) is 12.4 Å². The van der Waals surface area contributed by atoms with E-state index >= 15 is 0 Å². The lowest BCUT2D eigenvalue weighted by molar-refractivity contribution is -0.137. The number of halogens is 1. The number of rotatable bonds is 6. The Labute approximate surface area is 235 Å². The maximum absolute atomic E-state index is 13.8. The number of anilines is 2. The Morgan fingerprint density at radius 2 is 1.93 bits per heavy atom. The second-order valence-electron chi connectivity index (χ2n) is 12.2. The highest BCUT2D eigenvalue weighted by Gasteiger charge is 2.50. The van der Waals surface area contributed by atoms with Crippen molar-refractivity contribution >= 4 is 17.4 Å². The van der Waals surface area contributed by atoms with E-state index in [0.717, 1.165) is 56.7 Å². The molecule has 4 atom stereocenters. The number of carbonyl (C=O) groups excluding carboxylic acids is 1. The van der Waals surface area contributed by atoms with Crippen LogP contribution in [0.2, 0.25) is 0 Å². The van der Waals surface area contributed by atoms with E-state index in [0.29, 0.717) is 38.3 Å². The summed E-state index contributed by atoms with van der Waals surface area (Å²) < 4.78 is 20.1. The third kappa shape index (κ3) is 4.48. The lowest BCUT2D eigenvalue weighted by Gasteiger charge is -2.48. The van der Waals surface area contributed by atoms with Gasteiger partial charge in [-0.15, -0.1) is 0 Å². The van der Waals surface area contributed by atoms with Crippen LogP contribution in [0.25, 0.3) is 0 Å². The zero-order chi connectivity index (χ0) is 27.4. The average Bonchev–Trinajstić information content (AvgIpc) is 3.52. The lowest BCUT2D eigenvalue weighted by Crippen LogP contribution is -2.64. The van der Waals surface area contributed by atoms with Gasteiger partial charge < -0.3 is 24.3 Å². The number of aromatic nitrogens is 3. The summed E-state index contributed by atoms with van der Waals surface area (Å²) in [5.74, 6) is 0.550. The van der Waals surface area contributed by atoms with E-state index in [2.05, 4.69) is 26.7 Å². The van der Waals surface area contributed by atoms with E-state index in [4.69, 9.17) is 14.7 Å². The number of hydrogen-bond acceptors (Lipinski definition) is 8. The molecule has 4 aliphatic heterocycles. The maximum atomic E-state index is 13.8. The highest BCUT2D eigenvalue weighted by molar-refractivity contribution is 5.81. The molecular formula is C30H40FN7O2. The number of nitrogens with zero attached hydrogens (tertiary/aromatic N) is 7. The molecule has 0 N–H and O–H groups in total. The van der Waals surface area contributed by atoms with Gasteiger partial charge in [0.05, 0.1) is 36.2 Å². The molecule has 0 spiro atoms. The predicted octanol–water partition coefficient (Wildman–Crippen LogP) is 2.93. The summed E-state index contributed by atoms with van der Waals surface area (Å²) in [6, 6.07) is 1.04. The highest BCUT2D eigenvalue weighted by atomic mass is 19.1. The van der Waals surface area contributed by atoms with E-state index < -0.39 is 12.1 Å². The Bertz CT molecular complexity index is 1290. The van der Waals surface area contributed by atoms with E-state index in [1.54, 1.807) is 4.90 Å². The number of hydrogen-bond donors (Lipinski definition) is 0. The van der Waals surface area contributed by atoms with Gasteiger partial charge in [-0.3, -0.25) is 9.78 Å². The summed E-state index contributed by atoms with van der Waals surface area (Å²) >= 11 is 0. The summed E-state index contributed by atoms with van der Waals surface area (Å²) in [4.78, 5) is 35.9. The van der Waals surface area contributed by atoms with Gasteiger partial charge in [0, 0.05) is 37.4 Å². The minimum Gasteiger partial charge on any atom is -0.462 e. The van der Waals surface area contributed by atoms with Crippen LogP contribution in [-0.2, 0) is 30.6 Å². The second-order valence-corrected chi connectivity index (χ2v) is 12.2. The summed E-state index contributed by atoms with van der Waals surface area (Å²) in [6.45, 7) is 5.88. The van der Waals surface area contributed by atoms with Gasteiger partial charge in [-0.25, -0.2) is 4.39 Å². The Hall–Kier alpha value is -3.01. The minimum atomic E-state index is -1.46. The number of likely N-dealkylation sites (N-methyl/N-ethyl adjacent to an activating group) is 1. The largest absolute Gasteiger partial charge is 0.462 e. The smallest absolute Gasteiger partial charge is 0.318 e. The van der Waals surface area contributed by atoms with Gasteiger partial charge in [-0.05, 0) is 83.0 Å². The fourth-order valence-electron chi connectivity index (χ4n) is 7.53. The lowest BCUT2D eigenvalue weighted by atomic mass is 9.91. The third-order valence-corrected chi connectivity index (χ3v) is 9.88. The number of pyridine rings is 1.